The average Bonchev–Trinajstić information content (AvgIpc) is 2.70. The Morgan fingerprint density at radius 2 is 1.56 bits per heavy atom. The molecule has 5 heteroatoms. The molecule has 32 heavy (non-hydrogen) atoms. The molecule has 0 spiro atoms. The maximum Gasteiger partial charge on any atom is 0.232 e. The van der Waals surface area contributed by atoms with Gasteiger partial charge in [0, 0.05) is 40.1 Å². The van der Waals surface area contributed by atoms with Crippen molar-refractivity contribution >= 4 is 29.4 Å². The van der Waals surface area contributed by atoms with Crippen molar-refractivity contribution in [3.05, 3.63) is 23.3 Å². The standard InChI is InChI=1S/C27H45NO2S2/c1-9-10-15-28(8)24(29)18-31-22-13-11-12-14-23(22)32-19-16-20(26(2,3)4)25(30)21(17-19)27(5,6)7/h16-17,22-23,30H,9-15,18H2,1-8H3/t22-,23-/m1/s1. The summed E-state index contributed by atoms with van der Waals surface area (Å²) in [6.07, 6.45) is 7.08. The lowest BCUT2D eigenvalue weighted by atomic mass is 9.79. The van der Waals surface area contributed by atoms with Crippen LogP contribution in [0, 0.1) is 0 Å². The van der Waals surface area contributed by atoms with E-state index in [0.717, 1.165) is 30.5 Å². The smallest absolute Gasteiger partial charge is 0.232 e. The summed E-state index contributed by atoms with van der Waals surface area (Å²) in [4.78, 5) is 15.7. The van der Waals surface area contributed by atoms with Gasteiger partial charge in [-0.25, -0.2) is 0 Å². The molecular formula is C27H45NO2S2. The fourth-order valence-corrected chi connectivity index (χ4v) is 7.15. The largest absolute Gasteiger partial charge is 0.507 e. The number of carbonyl (C=O) groups excluding carboxylic acids is 1. The van der Waals surface area contributed by atoms with Gasteiger partial charge in [0.2, 0.25) is 5.91 Å². The summed E-state index contributed by atoms with van der Waals surface area (Å²) in [5, 5.41) is 12.1. The zero-order valence-corrected chi connectivity index (χ0v) is 23.2. The van der Waals surface area contributed by atoms with Gasteiger partial charge in [0.05, 0.1) is 5.75 Å². The number of carbonyl (C=O) groups is 1. The number of amides is 1. The summed E-state index contributed by atoms with van der Waals surface area (Å²) >= 11 is 3.81. The molecule has 1 N–H and O–H groups in total. The van der Waals surface area contributed by atoms with Crippen molar-refractivity contribution in [1.82, 2.24) is 4.90 Å². The Hall–Kier alpha value is -0.810. The maximum absolute atomic E-state index is 12.6. The van der Waals surface area contributed by atoms with Gasteiger partial charge < -0.3 is 10.0 Å². The van der Waals surface area contributed by atoms with Crippen LogP contribution < -0.4 is 0 Å². The Morgan fingerprint density at radius 3 is 2.06 bits per heavy atom. The quantitative estimate of drug-likeness (QED) is 0.422. The Bertz CT molecular complexity index is 729. The van der Waals surface area contributed by atoms with E-state index < -0.39 is 0 Å². The molecule has 1 aromatic carbocycles. The number of rotatable bonds is 8. The molecular weight excluding hydrogens is 434 g/mol. The highest BCUT2D eigenvalue weighted by Gasteiger charge is 2.30. The van der Waals surface area contributed by atoms with Crippen molar-refractivity contribution in [2.24, 2.45) is 0 Å². The van der Waals surface area contributed by atoms with Crippen LogP contribution in [0.5, 0.6) is 5.75 Å². The van der Waals surface area contributed by atoms with Gasteiger partial charge in [0.15, 0.2) is 0 Å². The third kappa shape index (κ3) is 7.62. The number of thioether (sulfide) groups is 2. The van der Waals surface area contributed by atoms with Gasteiger partial charge >= 0.3 is 0 Å². The molecule has 1 aliphatic carbocycles. The van der Waals surface area contributed by atoms with Crippen molar-refractivity contribution in [1.29, 1.82) is 0 Å². The molecule has 0 heterocycles. The van der Waals surface area contributed by atoms with E-state index in [1.807, 2.05) is 35.5 Å². The lowest BCUT2D eigenvalue weighted by Gasteiger charge is -2.32. The minimum absolute atomic E-state index is 0.114. The maximum atomic E-state index is 12.6. The lowest BCUT2D eigenvalue weighted by molar-refractivity contribution is -0.127. The number of hydrogen-bond acceptors (Lipinski definition) is 4. The highest BCUT2D eigenvalue weighted by molar-refractivity contribution is 8.04. The van der Waals surface area contributed by atoms with Gasteiger partial charge in [0.25, 0.3) is 0 Å². The second kappa shape index (κ2) is 11.6. The normalized spacial score (nSPS) is 19.8. The van der Waals surface area contributed by atoms with Gasteiger partial charge in [-0.3, -0.25) is 4.79 Å². The second-order valence-corrected chi connectivity index (χ2v) is 13.9. The predicted molar refractivity (Wildman–Crippen MR) is 142 cm³/mol. The van der Waals surface area contributed by atoms with Crippen LogP contribution in [0.3, 0.4) is 0 Å². The van der Waals surface area contributed by atoms with Gasteiger partial charge in [-0.2, -0.15) is 0 Å². The first-order valence-corrected chi connectivity index (χ1v) is 14.2. The van der Waals surface area contributed by atoms with E-state index in [1.165, 1.54) is 30.6 Å². The molecule has 1 fully saturated rings. The van der Waals surface area contributed by atoms with Crippen LogP contribution >= 0.6 is 23.5 Å². The van der Waals surface area contributed by atoms with E-state index in [0.29, 0.717) is 22.0 Å². The zero-order valence-electron chi connectivity index (χ0n) is 21.6. The van der Waals surface area contributed by atoms with Crippen LogP contribution in [0.2, 0.25) is 0 Å². The van der Waals surface area contributed by atoms with Crippen LogP contribution in [-0.2, 0) is 15.6 Å². The Labute approximate surface area is 205 Å². The minimum atomic E-state index is -0.114. The summed E-state index contributed by atoms with van der Waals surface area (Å²) < 4.78 is 0. The predicted octanol–water partition coefficient (Wildman–Crippen LogP) is 7.38. The third-order valence-corrected chi connectivity index (χ3v) is 9.28. The van der Waals surface area contributed by atoms with Gasteiger partial charge in [0.1, 0.15) is 5.75 Å². The summed E-state index contributed by atoms with van der Waals surface area (Å²) in [5.74, 6) is 1.29. The van der Waals surface area contributed by atoms with Crippen molar-refractivity contribution in [3.63, 3.8) is 0 Å². The first-order chi connectivity index (χ1) is 14.8. The van der Waals surface area contributed by atoms with E-state index >= 15 is 0 Å². The SMILES string of the molecule is CCCCN(C)C(=O)CS[C@@H]1CCCC[C@H]1Sc1cc(C(C)(C)C)c(O)c(C(C)(C)C)c1. The topological polar surface area (TPSA) is 40.5 Å². The summed E-state index contributed by atoms with van der Waals surface area (Å²) in [6.45, 7) is 16.0. The molecule has 3 nitrogen and oxygen atoms in total. The molecule has 0 unspecified atom stereocenters. The highest BCUT2D eigenvalue weighted by atomic mass is 32.2. The minimum Gasteiger partial charge on any atom is -0.507 e. The van der Waals surface area contributed by atoms with Crippen LogP contribution in [0.25, 0.3) is 0 Å². The number of phenols is 1. The number of hydrogen-bond donors (Lipinski definition) is 1. The van der Waals surface area contributed by atoms with E-state index in [-0.39, 0.29) is 16.7 Å². The van der Waals surface area contributed by atoms with Crippen LogP contribution in [-0.4, -0.2) is 45.8 Å². The second-order valence-electron chi connectivity index (χ2n) is 11.3. The lowest BCUT2D eigenvalue weighted by Crippen LogP contribution is -2.32. The highest BCUT2D eigenvalue weighted by Crippen LogP contribution is 2.45. The molecule has 0 radical (unpaired) electrons. The number of phenolic OH excluding ortho intramolecular Hbond substituents is 1. The molecule has 2 atom stereocenters. The molecule has 1 aliphatic rings. The van der Waals surface area contributed by atoms with E-state index in [4.69, 9.17) is 0 Å². The van der Waals surface area contributed by atoms with Gasteiger partial charge in [-0.1, -0.05) is 67.7 Å². The molecule has 182 valence electrons. The Morgan fingerprint density at radius 1 is 1.03 bits per heavy atom. The molecule has 1 aromatic rings. The summed E-state index contributed by atoms with van der Waals surface area (Å²) in [6, 6.07) is 4.41. The first kappa shape index (κ1) is 27.4. The van der Waals surface area contributed by atoms with Crippen molar-refractivity contribution in [2.45, 2.75) is 113 Å². The molecule has 1 saturated carbocycles. The molecule has 1 amide bonds. The van der Waals surface area contributed by atoms with Crippen molar-refractivity contribution in [3.8, 4) is 5.75 Å². The fraction of sp³-hybridized carbons (Fsp3) is 0.741. The Kier molecular flexibility index (Phi) is 9.90. The fourth-order valence-electron chi connectivity index (χ4n) is 4.19. The van der Waals surface area contributed by atoms with Gasteiger partial charge in [-0.05, 0) is 42.2 Å². The average molecular weight is 480 g/mol. The third-order valence-electron chi connectivity index (χ3n) is 6.32. The van der Waals surface area contributed by atoms with Crippen LogP contribution in [0.1, 0.15) is 98.1 Å². The summed E-state index contributed by atoms with van der Waals surface area (Å²) in [7, 11) is 1.93. The Balaban J connectivity index is 2.19. The molecule has 0 aromatic heterocycles. The molecule has 2 rings (SSSR count). The van der Waals surface area contributed by atoms with Crippen LogP contribution in [0.4, 0.5) is 0 Å². The van der Waals surface area contributed by atoms with Crippen LogP contribution in [0.15, 0.2) is 17.0 Å². The molecule has 0 bridgehead atoms. The monoisotopic (exact) mass is 479 g/mol. The first-order valence-electron chi connectivity index (χ1n) is 12.2. The number of nitrogens with zero attached hydrogens (tertiary/aromatic N) is 1. The van der Waals surface area contributed by atoms with Crippen molar-refractivity contribution in [2.75, 3.05) is 19.3 Å². The van der Waals surface area contributed by atoms with E-state index in [9.17, 15) is 9.90 Å². The number of aromatic hydroxyl groups is 1. The molecule has 0 aliphatic heterocycles. The van der Waals surface area contributed by atoms with E-state index in [1.54, 1.807) is 0 Å². The molecule has 0 saturated heterocycles. The number of unbranched alkanes of at least 4 members (excludes halogenated alkanes) is 1. The summed E-state index contributed by atoms with van der Waals surface area (Å²) in [5.41, 5.74) is 1.83. The zero-order chi connectivity index (χ0) is 24.1. The number of benzene rings is 1. The van der Waals surface area contributed by atoms with Crippen molar-refractivity contribution < 1.29 is 9.90 Å². The van der Waals surface area contributed by atoms with Gasteiger partial charge in [-0.15, -0.1) is 23.5 Å². The van der Waals surface area contributed by atoms with E-state index in [2.05, 4.69) is 60.6 Å².